The second-order valence-corrected chi connectivity index (χ2v) is 4.55. The van der Waals surface area contributed by atoms with Crippen molar-refractivity contribution >= 4 is 6.09 Å². The number of nitrogens with two attached hydrogens (primary N) is 1. The summed E-state index contributed by atoms with van der Waals surface area (Å²) in [6.45, 7) is 1.17. The van der Waals surface area contributed by atoms with Gasteiger partial charge in [0, 0.05) is 31.7 Å². The molecule has 1 heterocycles. The molecule has 2 atom stereocenters. The smallest absolute Gasteiger partial charge is 0.410 e. The van der Waals surface area contributed by atoms with E-state index in [0.29, 0.717) is 13.1 Å². The van der Waals surface area contributed by atoms with E-state index >= 15 is 0 Å². The summed E-state index contributed by atoms with van der Waals surface area (Å²) in [5, 5.41) is 9.09. The molecule has 2 unspecified atom stereocenters. The minimum absolute atomic E-state index is 0.00360. The SMILES string of the molecule is NC1CN(C(=O)OCc2ccccc2)CC1CO. The van der Waals surface area contributed by atoms with E-state index in [4.69, 9.17) is 15.6 Å². The van der Waals surface area contributed by atoms with Crippen LogP contribution < -0.4 is 5.73 Å². The summed E-state index contributed by atoms with van der Waals surface area (Å²) in [6, 6.07) is 9.35. The highest BCUT2D eigenvalue weighted by atomic mass is 16.6. The Hall–Kier alpha value is -1.59. The van der Waals surface area contributed by atoms with Crippen molar-refractivity contribution in [2.24, 2.45) is 11.7 Å². The quantitative estimate of drug-likeness (QED) is 0.822. The fourth-order valence-corrected chi connectivity index (χ4v) is 2.05. The molecule has 5 nitrogen and oxygen atoms in total. The first kappa shape index (κ1) is 12.9. The Balaban J connectivity index is 1.82. The van der Waals surface area contributed by atoms with E-state index in [0.717, 1.165) is 5.56 Å². The van der Waals surface area contributed by atoms with Crippen molar-refractivity contribution in [3.63, 3.8) is 0 Å². The van der Waals surface area contributed by atoms with E-state index < -0.39 is 0 Å². The van der Waals surface area contributed by atoms with Gasteiger partial charge in [-0.15, -0.1) is 0 Å². The van der Waals surface area contributed by atoms with Crippen LogP contribution in [0.3, 0.4) is 0 Å². The first-order valence-electron chi connectivity index (χ1n) is 6.02. The van der Waals surface area contributed by atoms with E-state index in [1.54, 1.807) is 4.90 Å². The average molecular weight is 250 g/mol. The van der Waals surface area contributed by atoms with Gasteiger partial charge in [-0.2, -0.15) is 0 Å². The standard InChI is InChI=1S/C13H18N2O3/c14-12-7-15(6-11(12)8-16)13(17)18-9-10-4-2-1-3-5-10/h1-5,11-12,16H,6-9,14H2. The lowest BCUT2D eigenvalue weighted by Gasteiger charge is -2.15. The molecule has 98 valence electrons. The zero-order chi connectivity index (χ0) is 13.0. The van der Waals surface area contributed by atoms with Crippen LogP contribution in [0.25, 0.3) is 0 Å². The number of likely N-dealkylation sites (tertiary alicyclic amines) is 1. The summed E-state index contributed by atoms with van der Waals surface area (Å²) in [5.41, 5.74) is 6.77. The number of rotatable bonds is 3. The van der Waals surface area contributed by atoms with Crippen molar-refractivity contribution in [3.05, 3.63) is 35.9 Å². The monoisotopic (exact) mass is 250 g/mol. The third-order valence-electron chi connectivity index (χ3n) is 3.19. The van der Waals surface area contributed by atoms with Gasteiger partial charge in [0.25, 0.3) is 0 Å². The molecular weight excluding hydrogens is 232 g/mol. The number of hydrogen-bond acceptors (Lipinski definition) is 4. The number of benzene rings is 1. The van der Waals surface area contributed by atoms with Crippen LogP contribution in [0.2, 0.25) is 0 Å². The molecule has 0 spiro atoms. The number of aliphatic hydroxyl groups excluding tert-OH is 1. The van der Waals surface area contributed by atoms with Crippen LogP contribution in [-0.4, -0.2) is 41.8 Å². The van der Waals surface area contributed by atoms with E-state index in [9.17, 15) is 4.79 Å². The van der Waals surface area contributed by atoms with Crippen LogP contribution in [0, 0.1) is 5.92 Å². The molecule has 0 radical (unpaired) electrons. The lowest BCUT2D eigenvalue weighted by molar-refractivity contribution is 0.101. The van der Waals surface area contributed by atoms with Gasteiger partial charge < -0.3 is 20.5 Å². The second-order valence-electron chi connectivity index (χ2n) is 4.55. The van der Waals surface area contributed by atoms with Gasteiger partial charge in [-0.05, 0) is 5.56 Å². The summed E-state index contributed by atoms with van der Waals surface area (Å²) in [4.78, 5) is 13.3. The molecule has 1 fully saturated rings. The van der Waals surface area contributed by atoms with Gasteiger partial charge in [0.1, 0.15) is 6.61 Å². The molecule has 3 N–H and O–H groups in total. The van der Waals surface area contributed by atoms with Crippen molar-refractivity contribution in [1.29, 1.82) is 0 Å². The number of hydrogen-bond donors (Lipinski definition) is 2. The van der Waals surface area contributed by atoms with Gasteiger partial charge in [0.15, 0.2) is 0 Å². The number of carbonyl (C=O) groups is 1. The van der Waals surface area contributed by atoms with Gasteiger partial charge in [-0.3, -0.25) is 0 Å². The van der Waals surface area contributed by atoms with Gasteiger partial charge in [0.05, 0.1) is 0 Å². The van der Waals surface area contributed by atoms with Crippen molar-refractivity contribution in [1.82, 2.24) is 4.90 Å². The molecule has 0 saturated carbocycles. The maximum absolute atomic E-state index is 11.8. The van der Waals surface area contributed by atoms with Crippen molar-refractivity contribution in [3.8, 4) is 0 Å². The fourth-order valence-electron chi connectivity index (χ4n) is 2.05. The maximum Gasteiger partial charge on any atom is 0.410 e. The predicted octanol–water partition coefficient (Wildman–Crippen LogP) is 0.575. The topological polar surface area (TPSA) is 75.8 Å². The Kier molecular flexibility index (Phi) is 4.17. The largest absolute Gasteiger partial charge is 0.445 e. The number of carbonyl (C=O) groups excluding carboxylic acids is 1. The van der Waals surface area contributed by atoms with Crippen LogP contribution in [-0.2, 0) is 11.3 Å². The van der Waals surface area contributed by atoms with Crippen LogP contribution in [0.1, 0.15) is 5.56 Å². The summed E-state index contributed by atoms with van der Waals surface area (Å²) >= 11 is 0. The van der Waals surface area contributed by atoms with Crippen molar-refractivity contribution < 1.29 is 14.6 Å². The summed E-state index contributed by atoms with van der Waals surface area (Å²) < 4.78 is 5.20. The molecule has 1 aliphatic heterocycles. The molecular formula is C13H18N2O3. The number of nitrogens with zero attached hydrogens (tertiary/aromatic N) is 1. The van der Waals surface area contributed by atoms with Crippen LogP contribution in [0.4, 0.5) is 4.79 Å². The first-order chi connectivity index (χ1) is 8.70. The lowest BCUT2D eigenvalue weighted by Crippen LogP contribution is -2.33. The van der Waals surface area contributed by atoms with Crippen LogP contribution in [0.15, 0.2) is 30.3 Å². The van der Waals surface area contributed by atoms with Crippen LogP contribution in [0.5, 0.6) is 0 Å². The highest BCUT2D eigenvalue weighted by Gasteiger charge is 2.33. The molecule has 1 saturated heterocycles. The average Bonchev–Trinajstić information content (AvgIpc) is 2.78. The Morgan fingerprint density at radius 1 is 1.39 bits per heavy atom. The molecule has 1 aromatic rings. The van der Waals surface area contributed by atoms with E-state index in [1.165, 1.54) is 0 Å². The van der Waals surface area contributed by atoms with E-state index in [1.807, 2.05) is 30.3 Å². The predicted molar refractivity (Wildman–Crippen MR) is 66.8 cm³/mol. The number of amides is 1. The van der Waals surface area contributed by atoms with E-state index in [-0.39, 0.29) is 31.3 Å². The second kappa shape index (κ2) is 5.84. The maximum atomic E-state index is 11.8. The molecule has 0 aliphatic carbocycles. The molecule has 0 aromatic heterocycles. The summed E-state index contributed by atoms with van der Waals surface area (Å²) in [7, 11) is 0. The minimum atomic E-state index is -0.370. The Morgan fingerprint density at radius 3 is 2.72 bits per heavy atom. The molecule has 18 heavy (non-hydrogen) atoms. The molecule has 1 amide bonds. The molecule has 5 heteroatoms. The van der Waals surface area contributed by atoms with E-state index in [2.05, 4.69) is 0 Å². The Bertz CT molecular complexity index is 396. The lowest BCUT2D eigenvalue weighted by atomic mass is 10.1. The summed E-state index contributed by atoms with van der Waals surface area (Å²) in [6.07, 6.45) is -0.370. The zero-order valence-electron chi connectivity index (χ0n) is 10.2. The molecule has 0 bridgehead atoms. The first-order valence-corrected chi connectivity index (χ1v) is 6.02. The normalized spacial score (nSPS) is 23.1. The van der Waals surface area contributed by atoms with Crippen LogP contribution >= 0.6 is 0 Å². The third kappa shape index (κ3) is 3.00. The van der Waals surface area contributed by atoms with Crippen molar-refractivity contribution in [2.45, 2.75) is 12.6 Å². The molecule has 1 aliphatic rings. The van der Waals surface area contributed by atoms with Gasteiger partial charge in [-0.25, -0.2) is 4.79 Å². The summed E-state index contributed by atoms with van der Waals surface area (Å²) in [5.74, 6) is -0.0470. The van der Waals surface area contributed by atoms with Gasteiger partial charge in [0.2, 0.25) is 0 Å². The minimum Gasteiger partial charge on any atom is -0.445 e. The number of aliphatic hydroxyl groups is 1. The van der Waals surface area contributed by atoms with Crippen molar-refractivity contribution in [2.75, 3.05) is 19.7 Å². The highest BCUT2D eigenvalue weighted by Crippen LogP contribution is 2.16. The zero-order valence-corrected chi connectivity index (χ0v) is 10.2. The fraction of sp³-hybridized carbons (Fsp3) is 0.462. The van der Waals surface area contributed by atoms with Gasteiger partial charge >= 0.3 is 6.09 Å². The highest BCUT2D eigenvalue weighted by molar-refractivity contribution is 5.68. The molecule has 1 aromatic carbocycles. The Labute approximate surface area is 106 Å². The molecule has 2 rings (SSSR count). The Morgan fingerprint density at radius 2 is 2.11 bits per heavy atom. The third-order valence-corrected chi connectivity index (χ3v) is 3.19. The number of ether oxygens (including phenoxy) is 1. The van der Waals surface area contributed by atoms with Gasteiger partial charge in [-0.1, -0.05) is 30.3 Å².